The van der Waals surface area contributed by atoms with Crippen molar-refractivity contribution in [3.63, 3.8) is 0 Å². The van der Waals surface area contributed by atoms with E-state index in [1.54, 1.807) is 25.5 Å². The van der Waals surface area contributed by atoms with Gasteiger partial charge in [0.1, 0.15) is 0 Å². The molecule has 17 heavy (non-hydrogen) atoms. The fraction of sp³-hybridized carbons (Fsp3) is 0.0769. The lowest BCUT2D eigenvalue weighted by atomic mass is 10.1. The molecule has 2 N–H and O–H groups in total. The largest absolute Gasteiger partial charge is 0.345 e. The van der Waals surface area contributed by atoms with Gasteiger partial charge in [-0.25, -0.2) is 4.98 Å². The van der Waals surface area contributed by atoms with Crippen molar-refractivity contribution >= 4 is 11.6 Å². The zero-order chi connectivity index (χ0) is 12.1. The number of carbonyl (C=O) groups is 1. The molecule has 4 heteroatoms. The number of nitrogens with zero attached hydrogens (tertiary/aromatic N) is 1. The van der Waals surface area contributed by atoms with Crippen LogP contribution < -0.4 is 5.32 Å². The van der Waals surface area contributed by atoms with Crippen molar-refractivity contribution < 1.29 is 4.79 Å². The molecule has 0 aliphatic rings. The number of benzene rings is 1. The molecule has 0 fully saturated rings. The zero-order valence-corrected chi connectivity index (χ0v) is 9.47. The second-order valence-corrected chi connectivity index (χ2v) is 3.53. The number of carbonyl (C=O) groups excluding carboxylic acids is 1. The average molecular weight is 227 g/mol. The first-order valence-corrected chi connectivity index (χ1v) is 5.32. The highest BCUT2D eigenvalue weighted by Crippen LogP contribution is 2.18. The van der Waals surface area contributed by atoms with Crippen LogP contribution in [-0.4, -0.2) is 15.9 Å². The molecule has 4 nitrogen and oxygen atoms in total. The number of H-pyrrole nitrogens is 1. The van der Waals surface area contributed by atoms with Crippen LogP contribution in [0.1, 0.15) is 6.92 Å². The van der Waals surface area contributed by atoms with Crippen molar-refractivity contribution in [3.8, 4) is 11.3 Å². The molecule has 1 amide bonds. The Kier molecular flexibility index (Phi) is 3.35. The molecule has 1 aromatic heterocycles. The van der Waals surface area contributed by atoms with E-state index in [1.807, 2.05) is 24.3 Å². The highest BCUT2D eigenvalue weighted by Gasteiger charge is 2.00. The number of allylic oxidation sites excluding steroid dienone is 1. The van der Waals surface area contributed by atoms with Crippen molar-refractivity contribution in [1.82, 2.24) is 9.97 Å². The maximum absolute atomic E-state index is 11.3. The Morgan fingerprint density at radius 2 is 2.12 bits per heavy atom. The van der Waals surface area contributed by atoms with Crippen molar-refractivity contribution in [3.05, 3.63) is 48.9 Å². The van der Waals surface area contributed by atoms with E-state index in [4.69, 9.17) is 0 Å². The third-order valence-corrected chi connectivity index (χ3v) is 2.28. The first-order valence-electron chi connectivity index (χ1n) is 5.32. The normalized spacial score (nSPS) is 10.6. The third-order valence-electron chi connectivity index (χ3n) is 2.28. The standard InChI is InChI=1S/C13H13N3O/c1-2-3-13(17)16-11-6-4-10(5-7-11)12-8-14-9-15-12/h2-9H,1H3,(H,14,15)(H,16,17)/b3-2+. The van der Waals surface area contributed by atoms with Crippen LogP contribution in [0.15, 0.2) is 48.9 Å². The van der Waals surface area contributed by atoms with Gasteiger partial charge in [-0.3, -0.25) is 4.79 Å². The Bertz CT molecular complexity index is 512. The van der Waals surface area contributed by atoms with Crippen molar-refractivity contribution in [2.75, 3.05) is 5.32 Å². The Balaban J connectivity index is 2.11. The monoisotopic (exact) mass is 227 g/mol. The summed E-state index contributed by atoms with van der Waals surface area (Å²) in [5, 5.41) is 2.76. The van der Waals surface area contributed by atoms with Crippen LogP contribution in [-0.2, 0) is 4.79 Å². The lowest BCUT2D eigenvalue weighted by Gasteiger charge is -2.03. The maximum Gasteiger partial charge on any atom is 0.248 e. The fourth-order valence-corrected chi connectivity index (χ4v) is 1.48. The van der Waals surface area contributed by atoms with Crippen LogP contribution >= 0.6 is 0 Å². The Morgan fingerprint density at radius 3 is 2.71 bits per heavy atom. The number of nitrogens with one attached hydrogen (secondary N) is 2. The summed E-state index contributed by atoms with van der Waals surface area (Å²) < 4.78 is 0. The van der Waals surface area contributed by atoms with E-state index < -0.39 is 0 Å². The Hall–Kier alpha value is -2.36. The smallest absolute Gasteiger partial charge is 0.248 e. The first-order chi connectivity index (χ1) is 8.29. The first kappa shape index (κ1) is 11.1. The van der Waals surface area contributed by atoms with E-state index >= 15 is 0 Å². The molecule has 1 aromatic carbocycles. The van der Waals surface area contributed by atoms with Gasteiger partial charge in [-0.15, -0.1) is 0 Å². The van der Waals surface area contributed by atoms with Crippen LogP contribution in [0.3, 0.4) is 0 Å². The molecule has 86 valence electrons. The summed E-state index contributed by atoms with van der Waals surface area (Å²) in [4.78, 5) is 18.3. The second kappa shape index (κ2) is 5.12. The maximum atomic E-state index is 11.3. The summed E-state index contributed by atoms with van der Waals surface area (Å²) in [6.45, 7) is 1.81. The van der Waals surface area contributed by atoms with Crippen LogP contribution in [0.2, 0.25) is 0 Å². The Morgan fingerprint density at radius 1 is 1.35 bits per heavy atom. The number of amides is 1. The summed E-state index contributed by atoms with van der Waals surface area (Å²) in [6.07, 6.45) is 6.58. The fourth-order valence-electron chi connectivity index (χ4n) is 1.48. The van der Waals surface area contributed by atoms with Gasteiger partial charge in [-0.2, -0.15) is 0 Å². The molecule has 2 rings (SSSR count). The molecule has 2 aromatic rings. The van der Waals surface area contributed by atoms with Crippen molar-refractivity contribution in [2.45, 2.75) is 6.92 Å². The van der Waals surface area contributed by atoms with Gasteiger partial charge in [-0.1, -0.05) is 18.2 Å². The molecular formula is C13H13N3O. The van der Waals surface area contributed by atoms with E-state index in [1.165, 1.54) is 6.08 Å². The second-order valence-electron chi connectivity index (χ2n) is 3.53. The quantitative estimate of drug-likeness (QED) is 0.792. The Labute approximate surface area is 99.4 Å². The van der Waals surface area contributed by atoms with Gasteiger partial charge in [0.25, 0.3) is 0 Å². The predicted octanol–water partition coefficient (Wildman–Crippen LogP) is 2.59. The minimum atomic E-state index is -0.123. The van der Waals surface area contributed by atoms with Gasteiger partial charge in [0.15, 0.2) is 0 Å². The number of imidazole rings is 1. The van der Waals surface area contributed by atoms with Gasteiger partial charge in [0.05, 0.1) is 18.2 Å². The SMILES string of the molecule is C/C=C/C(=O)Nc1ccc(-c2cnc[nH]2)cc1. The number of hydrogen-bond acceptors (Lipinski definition) is 2. The highest BCUT2D eigenvalue weighted by molar-refractivity contribution is 5.99. The zero-order valence-electron chi connectivity index (χ0n) is 9.47. The summed E-state index contributed by atoms with van der Waals surface area (Å²) in [7, 11) is 0. The summed E-state index contributed by atoms with van der Waals surface area (Å²) in [5.41, 5.74) is 2.76. The van der Waals surface area contributed by atoms with Crippen LogP contribution in [0.5, 0.6) is 0 Å². The molecule has 1 heterocycles. The topological polar surface area (TPSA) is 57.8 Å². The molecule has 0 aliphatic carbocycles. The molecule has 0 saturated heterocycles. The molecule has 0 bridgehead atoms. The van der Waals surface area contributed by atoms with Gasteiger partial charge < -0.3 is 10.3 Å². The van der Waals surface area contributed by atoms with Crippen LogP contribution in [0, 0.1) is 0 Å². The number of aromatic amines is 1. The summed E-state index contributed by atoms with van der Waals surface area (Å²) in [6, 6.07) is 7.58. The lowest BCUT2D eigenvalue weighted by molar-refractivity contribution is -0.111. The van der Waals surface area contributed by atoms with Gasteiger partial charge >= 0.3 is 0 Å². The van der Waals surface area contributed by atoms with E-state index in [0.29, 0.717) is 0 Å². The van der Waals surface area contributed by atoms with Crippen molar-refractivity contribution in [2.24, 2.45) is 0 Å². The number of hydrogen-bond donors (Lipinski definition) is 2. The van der Waals surface area contributed by atoms with Gasteiger partial charge in [0, 0.05) is 5.69 Å². The van der Waals surface area contributed by atoms with Crippen LogP contribution in [0.4, 0.5) is 5.69 Å². The predicted molar refractivity (Wildman–Crippen MR) is 67.5 cm³/mol. The number of rotatable bonds is 3. The summed E-state index contributed by atoms with van der Waals surface area (Å²) >= 11 is 0. The van der Waals surface area contributed by atoms with E-state index in [0.717, 1.165) is 16.9 Å². The molecule has 0 aliphatic heterocycles. The van der Waals surface area contributed by atoms with E-state index in [9.17, 15) is 4.79 Å². The van der Waals surface area contributed by atoms with Crippen molar-refractivity contribution in [1.29, 1.82) is 0 Å². The van der Waals surface area contributed by atoms with Gasteiger partial charge in [-0.05, 0) is 30.7 Å². The molecule has 0 atom stereocenters. The lowest BCUT2D eigenvalue weighted by Crippen LogP contribution is -2.07. The summed E-state index contributed by atoms with van der Waals surface area (Å²) in [5.74, 6) is -0.123. The van der Waals surface area contributed by atoms with Gasteiger partial charge in [0.2, 0.25) is 5.91 Å². The minimum Gasteiger partial charge on any atom is -0.345 e. The van der Waals surface area contributed by atoms with Crippen LogP contribution in [0.25, 0.3) is 11.3 Å². The number of anilines is 1. The third kappa shape index (κ3) is 2.81. The molecule has 0 spiro atoms. The van der Waals surface area contributed by atoms with E-state index in [2.05, 4.69) is 15.3 Å². The van der Waals surface area contributed by atoms with E-state index in [-0.39, 0.29) is 5.91 Å². The molecule has 0 unspecified atom stereocenters. The molecule has 0 saturated carbocycles. The number of aromatic nitrogens is 2. The minimum absolute atomic E-state index is 0.123. The average Bonchev–Trinajstić information content (AvgIpc) is 2.84. The highest BCUT2D eigenvalue weighted by atomic mass is 16.1. The molecular weight excluding hydrogens is 214 g/mol. The molecule has 0 radical (unpaired) electrons.